The van der Waals surface area contributed by atoms with E-state index in [1.807, 2.05) is 12.1 Å². The minimum Gasteiger partial charge on any atom is -0.454 e. The van der Waals surface area contributed by atoms with Crippen LogP contribution in [0.5, 0.6) is 11.5 Å². The number of ether oxygens (including phenoxy) is 2. The fourth-order valence-corrected chi connectivity index (χ4v) is 3.98. The van der Waals surface area contributed by atoms with Crippen LogP contribution in [-0.2, 0) is 11.8 Å². The monoisotopic (exact) mass is 337 g/mol. The Hall–Kier alpha value is -1.86. The van der Waals surface area contributed by atoms with Crippen molar-refractivity contribution in [2.45, 2.75) is 5.25 Å². The molecule has 0 bridgehead atoms. The zero-order chi connectivity index (χ0) is 15.3. The van der Waals surface area contributed by atoms with Crippen molar-refractivity contribution in [2.24, 2.45) is 7.05 Å². The van der Waals surface area contributed by atoms with Gasteiger partial charge in [-0.2, -0.15) is 5.10 Å². The maximum atomic E-state index is 11.9. The third-order valence-corrected chi connectivity index (χ3v) is 5.21. The molecule has 1 N–H and O–H groups in total. The predicted molar refractivity (Wildman–Crippen MR) is 83.7 cm³/mol. The number of hydrogen-bond acceptors (Lipinski definition) is 5. The van der Waals surface area contributed by atoms with Gasteiger partial charge < -0.3 is 14.8 Å². The summed E-state index contributed by atoms with van der Waals surface area (Å²) in [6.45, 7) is 0.175. The van der Waals surface area contributed by atoms with Gasteiger partial charge in [-0.1, -0.05) is 11.6 Å². The first-order valence-electron chi connectivity index (χ1n) is 6.66. The first-order chi connectivity index (χ1) is 10.6. The number of aryl methyl sites for hydroxylation is 1. The number of thioether (sulfide) groups is 1. The number of carbonyl (C=O) groups is 1. The second-order valence-electron chi connectivity index (χ2n) is 5.05. The number of aromatic nitrogens is 2. The summed E-state index contributed by atoms with van der Waals surface area (Å²) in [5.74, 6) is 2.26. The number of rotatable bonds is 1. The maximum Gasteiger partial charge on any atom is 0.235 e. The summed E-state index contributed by atoms with van der Waals surface area (Å²) in [6.07, 6.45) is 1.77. The van der Waals surface area contributed by atoms with Crippen LogP contribution >= 0.6 is 23.4 Å². The second-order valence-corrected chi connectivity index (χ2v) is 6.55. The third kappa shape index (κ3) is 2.12. The van der Waals surface area contributed by atoms with E-state index in [1.54, 1.807) is 17.9 Å². The van der Waals surface area contributed by atoms with E-state index in [-0.39, 0.29) is 18.0 Å². The van der Waals surface area contributed by atoms with Crippen molar-refractivity contribution < 1.29 is 14.3 Å². The molecule has 1 aromatic heterocycles. The van der Waals surface area contributed by atoms with Crippen LogP contribution in [0.15, 0.2) is 18.3 Å². The van der Waals surface area contributed by atoms with Crippen LogP contribution in [0.2, 0.25) is 5.02 Å². The van der Waals surface area contributed by atoms with Crippen LogP contribution in [0.25, 0.3) is 0 Å². The van der Waals surface area contributed by atoms with Crippen molar-refractivity contribution in [3.63, 3.8) is 0 Å². The molecule has 114 valence electrons. The Balaban J connectivity index is 1.82. The van der Waals surface area contributed by atoms with Gasteiger partial charge in [-0.15, -0.1) is 11.8 Å². The van der Waals surface area contributed by atoms with Gasteiger partial charge in [0, 0.05) is 12.6 Å². The molecule has 0 saturated carbocycles. The predicted octanol–water partition coefficient (Wildman–Crippen LogP) is 2.58. The van der Waals surface area contributed by atoms with Gasteiger partial charge in [0.15, 0.2) is 11.5 Å². The zero-order valence-corrected chi connectivity index (χ0v) is 13.2. The molecule has 1 aromatic carbocycles. The van der Waals surface area contributed by atoms with Gasteiger partial charge in [0.1, 0.15) is 5.82 Å². The van der Waals surface area contributed by atoms with Crippen LogP contribution in [0.3, 0.4) is 0 Å². The Morgan fingerprint density at radius 1 is 1.45 bits per heavy atom. The summed E-state index contributed by atoms with van der Waals surface area (Å²) in [5.41, 5.74) is 1.92. The average molecular weight is 338 g/mol. The summed E-state index contributed by atoms with van der Waals surface area (Å²) in [6, 6.07) is 3.78. The highest BCUT2D eigenvalue weighted by atomic mass is 35.5. The quantitative estimate of drug-likeness (QED) is 0.866. The summed E-state index contributed by atoms with van der Waals surface area (Å²) >= 11 is 7.81. The smallest absolute Gasteiger partial charge is 0.235 e. The Labute approximate surface area is 135 Å². The molecule has 0 spiro atoms. The number of fused-ring (bicyclic) bond motifs is 2. The molecule has 2 aromatic rings. The standard InChI is InChI=1S/C14H12ClN3O3S/c1-18-14-8(4-16-18)13(22-5-11(19)17-14)7-2-9(15)12-10(3-7)20-6-21-12/h2-4,13H,5-6H2,1H3,(H,17,19)/t13-/m1/s1. The van der Waals surface area contributed by atoms with Crippen LogP contribution in [0, 0.1) is 0 Å². The van der Waals surface area contributed by atoms with Crippen molar-refractivity contribution in [3.05, 3.63) is 34.5 Å². The van der Waals surface area contributed by atoms with Crippen molar-refractivity contribution in [1.29, 1.82) is 0 Å². The van der Waals surface area contributed by atoms with E-state index in [0.29, 0.717) is 28.1 Å². The number of benzene rings is 1. The Kier molecular flexibility index (Phi) is 3.19. The van der Waals surface area contributed by atoms with E-state index in [2.05, 4.69) is 10.4 Å². The molecule has 0 saturated heterocycles. The molecule has 1 amide bonds. The molecule has 2 aliphatic rings. The molecule has 0 radical (unpaired) electrons. The molecule has 22 heavy (non-hydrogen) atoms. The van der Waals surface area contributed by atoms with Gasteiger partial charge in [0.2, 0.25) is 12.7 Å². The Bertz CT molecular complexity index is 777. The number of anilines is 1. The lowest BCUT2D eigenvalue weighted by atomic mass is 10.1. The highest BCUT2D eigenvalue weighted by Gasteiger charge is 2.29. The van der Waals surface area contributed by atoms with Crippen molar-refractivity contribution in [1.82, 2.24) is 9.78 Å². The van der Waals surface area contributed by atoms with Gasteiger partial charge in [0.25, 0.3) is 0 Å². The largest absolute Gasteiger partial charge is 0.454 e. The fraction of sp³-hybridized carbons (Fsp3) is 0.286. The minimum atomic E-state index is -0.0466. The summed E-state index contributed by atoms with van der Waals surface area (Å²) in [5, 5.41) is 7.60. The summed E-state index contributed by atoms with van der Waals surface area (Å²) in [7, 11) is 1.80. The van der Waals surface area contributed by atoms with Gasteiger partial charge >= 0.3 is 0 Å². The zero-order valence-electron chi connectivity index (χ0n) is 11.6. The Morgan fingerprint density at radius 2 is 2.32 bits per heavy atom. The van der Waals surface area contributed by atoms with Crippen molar-refractivity contribution in [2.75, 3.05) is 17.9 Å². The first-order valence-corrected chi connectivity index (χ1v) is 8.08. The number of hydrogen-bond donors (Lipinski definition) is 1. The maximum absolute atomic E-state index is 11.9. The normalized spacial score (nSPS) is 19.5. The lowest BCUT2D eigenvalue weighted by Crippen LogP contribution is -2.15. The molecule has 6 nitrogen and oxygen atoms in total. The molecule has 3 heterocycles. The molecule has 0 unspecified atom stereocenters. The van der Waals surface area contributed by atoms with Crippen molar-refractivity contribution in [3.8, 4) is 11.5 Å². The lowest BCUT2D eigenvalue weighted by molar-refractivity contribution is -0.113. The highest BCUT2D eigenvalue weighted by Crippen LogP contribution is 2.47. The first kappa shape index (κ1) is 13.8. The van der Waals surface area contributed by atoms with E-state index < -0.39 is 0 Å². The minimum absolute atomic E-state index is 0.0378. The summed E-state index contributed by atoms with van der Waals surface area (Å²) in [4.78, 5) is 11.9. The van der Waals surface area contributed by atoms with Crippen LogP contribution < -0.4 is 14.8 Å². The molecule has 0 fully saturated rings. The molecule has 0 aliphatic carbocycles. The number of amides is 1. The molecule has 4 rings (SSSR count). The third-order valence-electron chi connectivity index (χ3n) is 3.64. The SMILES string of the molecule is Cn1ncc2c1NC(=O)CS[C@@H]2c1cc(Cl)c2c(c1)OCO2. The molecular formula is C14H12ClN3O3S. The van der Waals surface area contributed by atoms with Crippen LogP contribution in [-0.4, -0.2) is 28.2 Å². The lowest BCUT2D eigenvalue weighted by Gasteiger charge is -2.15. The van der Waals surface area contributed by atoms with Crippen LogP contribution in [0.4, 0.5) is 5.82 Å². The number of carbonyl (C=O) groups excluding carboxylic acids is 1. The topological polar surface area (TPSA) is 65.4 Å². The molecule has 1 atom stereocenters. The molecule has 8 heteroatoms. The summed E-state index contributed by atoms with van der Waals surface area (Å²) < 4.78 is 12.4. The van der Waals surface area contributed by atoms with Gasteiger partial charge in [0.05, 0.1) is 22.2 Å². The second kappa shape index (κ2) is 5.10. The molecular weight excluding hydrogens is 326 g/mol. The number of nitrogens with zero attached hydrogens (tertiary/aromatic N) is 2. The van der Waals surface area contributed by atoms with Crippen LogP contribution in [0.1, 0.15) is 16.4 Å². The number of nitrogens with one attached hydrogen (secondary N) is 1. The van der Waals surface area contributed by atoms with E-state index in [9.17, 15) is 4.79 Å². The Morgan fingerprint density at radius 3 is 3.18 bits per heavy atom. The van der Waals surface area contributed by atoms with E-state index in [0.717, 1.165) is 11.1 Å². The highest BCUT2D eigenvalue weighted by molar-refractivity contribution is 8.00. The molecule has 2 aliphatic heterocycles. The van der Waals surface area contributed by atoms with Gasteiger partial charge in [-0.05, 0) is 17.7 Å². The van der Waals surface area contributed by atoms with E-state index in [1.165, 1.54) is 11.8 Å². The fourth-order valence-electron chi connectivity index (χ4n) is 2.63. The number of halogens is 1. The van der Waals surface area contributed by atoms with Gasteiger partial charge in [-0.3, -0.25) is 9.48 Å². The van der Waals surface area contributed by atoms with E-state index >= 15 is 0 Å². The van der Waals surface area contributed by atoms with E-state index in [4.69, 9.17) is 21.1 Å². The average Bonchev–Trinajstić information content (AvgIpc) is 3.05. The van der Waals surface area contributed by atoms with Gasteiger partial charge in [-0.25, -0.2) is 0 Å². The van der Waals surface area contributed by atoms with Crippen molar-refractivity contribution >= 4 is 35.1 Å².